The predicted octanol–water partition coefficient (Wildman–Crippen LogP) is 1.52. The number of hydrogen-bond acceptors (Lipinski definition) is 2. The number of nitrogens with one attached hydrogen (secondary N) is 2. The van der Waals surface area contributed by atoms with Crippen LogP contribution in [-0.4, -0.2) is 22.4 Å². The standard InChI is InChI=1S/C12H12FN3O/c13-10-3-1-2-9(6-10)12(17)15-5-4-11-7-14-8-16-11/h1-3,6-8H,4-5H2,(H,14,16)(H,15,17). The summed E-state index contributed by atoms with van der Waals surface area (Å²) in [5.74, 6) is -0.685. The molecule has 0 spiro atoms. The number of rotatable bonds is 4. The number of hydrogen-bond donors (Lipinski definition) is 2. The second-order valence-electron chi connectivity index (χ2n) is 3.59. The third-order valence-corrected chi connectivity index (χ3v) is 2.32. The molecule has 0 bridgehead atoms. The normalized spacial score (nSPS) is 10.2. The average molecular weight is 233 g/mol. The molecule has 5 heteroatoms. The van der Waals surface area contributed by atoms with Gasteiger partial charge >= 0.3 is 0 Å². The van der Waals surface area contributed by atoms with E-state index in [2.05, 4.69) is 15.3 Å². The maximum absolute atomic E-state index is 12.9. The van der Waals surface area contributed by atoms with Gasteiger partial charge in [0.25, 0.3) is 5.91 Å². The van der Waals surface area contributed by atoms with E-state index in [1.807, 2.05) is 0 Å². The van der Waals surface area contributed by atoms with Crippen molar-refractivity contribution in [3.05, 3.63) is 53.9 Å². The van der Waals surface area contributed by atoms with Gasteiger partial charge in [-0.2, -0.15) is 0 Å². The lowest BCUT2D eigenvalue weighted by Crippen LogP contribution is -2.25. The molecule has 0 radical (unpaired) electrons. The van der Waals surface area contributed by atoms with Crippen LogP contribution in [0.15, 0.2) is 36.8 Å². The van der Waals surface area contributed by atoms with Crippen LogP contribution in [0, 0.1) is 5.82 Å². The summed E-state index contributed by atoms with van der Waals surface area (Å²) in [5.41, 5.74) is 1.28. The van der Waals surface area contributed by atoms with E-state index < -0.39 is 5.82 Å². The molecule has 1 heterocycles. The SMILES string of the molecule is O=C(NCCc1cnc[nH]1)c1cccc(F)c1. The average Bonchev–Trinajstić information content (AvgIpc) is 2.82. The number of aromatic amines is 1. The van der Waals surface area contributed by atoms with E-state index in [4.69, 9.17) is 0 Å². The van der Waals surface area contributed by atoms with Gasteiger partial charge in [-0.3, -0.25) is 4.79 Å². The van der Waals surface area contributed by atoms with E-state index in [-0.39, 0.29) is 5.91 Å². The molecule has 2 aromatic rings. The highest BCUT2D eigenvalue weighted by Gasteiger charge is 2.05. The quantitative estimate of drug-likeness (QED) is 0.841. The van der Waals surface area contributed by atoms with Crippen molar-refractivity contribution in [2.45, 2.75) is 6.42 Å². The maximum Gasteiger partial charge on any atom is 0.251 e. The Hall–Kier alpha value is -2.17. The topological polar surface area (TPSA) is 57.8 Å². The first kappa shape index (κ1) is 11.3. The molecule has 1 amide bonds. The molecule has 1 aromatic carbocycles. The molecule has 0 fully saturated rings. The molecule has 2 rings (SSSR count). The molecule has 88 valence electrons. The van der Waals surface area contributed by atoms with Gasteiger partial charge in [0.1, 0.15) is 5.82 Å². The van der Waals surface area contributed by atoms with Gasteiger partial charge in [0.15, 0.2) is 0 Å². The number of aromatic nitrogens is 2. The van der Waals surface area contributed by atoms with E-state index in [9.17, 15) is 9.18 Å². The molecule has 0 unspecified atom stereocenters. The first-order valence-corrected chi connectivity index (χ1v) is 5.27. The lowest BCUT2D eigenvalue weighted by atomic mass is 10.2. The molecule has 0 aliphatic rings. The fourth-order valence-electron chi connectivity index (χ4n) is 1.46. The number of benzene rings is 1. The molecule has 0 saturated heterocycles. The first-order chi connectivity index (χ1) is 8.25. The van der Waals surface area contributed by atoms with Crippen LogP contribution in [0.5, 0.6) is 0 Å². The van der Waals surface area contributed by atoms with E-state index in [1.165, 1.54) is 18.2 Å². The lowest BCUT2D eigenvalue weighted by Gasteiger charge is -2.04. The van der Waals surface area contributed by atoms with Crippen molar-refractivity contribution in [2.75, 3.05) is 6.54 Å². The fourth-order valence-corrected chi connectivity index (χ4v) is 1.46. The van der Waals surface area contributed by atoms with E-state index in [0.29, 0.717) is 18.5 Å². The van der Waals surface area contributed by atoms with Crippen molar-refractivity contribution >= 4 is 5.91 Å². The number of halogens is 1. The number of imidazole rings is 1. The van der Waals surface area contributed by atoms with Crippen LogP contribution < -0.4 is 5.32 Å². The third kappa shape index (κ3) is 3.14. The van der Waals surface area contributed by atoms with Gasteiger partial charge in [-0.25, -0.2) is 9.37 Å². The number of carbonyl (C=O) groups excluding carboxylic acids is 1. The Morgan fingerprint density at radius 2 is 2.35 bits per heavy atom. The van der Waals surface area contributed by atoms with E-state index in [1.54, 1.807) is 18.6 Å². The minimum atomic E-state index is -0.411. The summed E-state index contributed by atoms with van der Waals surface area (Å²) in [6.07, 6.45) is 3.96. The summed E-state index contributed by atoms with van der Waals surface area (Å²) >= 11 is 0. The Labute approximate surface area is 97.9 Å². The van der Waals surface area contributed by atoms with Gasteiger partial charge in [-0.1, -0.05) is 6.07 Å². The summed E-state index contributed by atoms with van der Waals surface area (Å²) in [7, 11) is 0. The summed E-state index contributed by atoms with van der Waals surface area (Å²) in [6, 6.07) is 5.61. The van der Waals surface area contributed by atoms with Gasteiger partial charge in [0.05, 0.1) is 6.33 Å². The van der Waals surface area contributed by atoms with Gasteiger partial charge in [0.2, 0.25) is 0 Å². The van der Waals surface area contributed by atoms with Gasteiger partial charge in [-0.15, -0.1) is 0 Å². The second kappa shape index (κ2) is 5.25. The fraction of sp³-hybridized carbons (Fsp3) is 0.167. The highest BCUT2D eigenvalue weighted by molar-refractivity contribution is 5.94. The molecule has 17 heavy (non-hydrogen) atoms. The number of H-pyrrole nitrogens is 1. The summed E-state index contributed by atoms with van der Waals surface area (Å²) in [5, 5.41) is 2.71. The van der Waals surface area contributed by atoms with Crippen molar-refractivity contribution in [1.29, 1.82) is 0 Å². The highest BCUT2D eigenvalue weighted by Crippen LogP contribution is 2.03. The molecular formula is C12H12FN3O. The highest BCUT2D eigenvalue weighted by atomic mass is 19.1. The minimum Gasteiger partial charge on any atom is -0.352 e. The molecule has 4 nitrogen and oxygen atoms in total. The molecule has 0 aliphatic heterocycles. The monoisotopic (exact) mass is 233 g/mol. The minimum absolute atomic E-state index is 0.274. The summed E-state index contributed by atoms with van der Waals surface area (Å²) < 4.78 is 12.9. The zero-order valence-corrected chi connectivity index (χ0v) is 9.11. The molecule has 2 N–H and O–H groups in total. The van der Waals surface area contributed by atoms with Gasteiger partial charge in [-0.05, 0) is 18.2 Å². The van der Waals surface area contributed by atoms with Crippen molar-refractivity contribution in [1.82, 2.24) is 15.3 Å². The Kier molecular flexibility index (Phi) is 3.49. The Balaban J connectivity index is 1.85. The second-order valence-corrected chi connectivity index (χ2v) is 3.59. The molecule has 0 saturated carbocycles. The molecule has 0 atom stereocenters. The number of carbonyl (C=O) groups is 1. The first-order valence-electron chi connectivity index (χ1n) is 5.27. The van der Waals surface area contributed by atoms with Crippen LogP contribution in [0.1, 0.15) is 16.1 Å². The lowest BCUT2D eigenvalue weighted by molar-refractivity contribution is 0.0953. The number of nitrogens with zero attached hydrogens (tertiary/aromatic N) is 1. The summed E-state index contributed by atoms with van der Waals surface area (Å²) in [6.45, 7) is 0.484. The summed E-state index contributed by atoms with van der Waals surface area (Å²) in [4.78, 5) is 18.4. The Morgan fingerprint density at radius 3 is 3.06 bits per heavy atom. The van der Waals surface area contributed by atoms with Crippen molar-refractivity contribution in [2.24, 2.45) is 0 Å². The Bertz CT molecular complexity index is 496. The van der Waals surface area contributed by atoms with Gasteiger partial charge in [0, 0.05) is 30.4 Å². The van der Waals surface area contributed by atoms with Gasteiger partial charge < -0.3 is 10.3 Å². The third-order valence-electron chi connectivity index (χ3n) is 2.32. The smallest absolute Gasteiger partial charge is 0.251 e. The zero-order valence-electron chi connectivity index (χ0n) is 9.11. The molecular weight excluding hydrogens is 221 g/mol. The molecule has 1 aromatic heterocycles. The van der Waals surface area contributed by atoms with Crippen LogP contribution in [0.3, 0.4) is 0 Å². The van der Waals surface area contributed by atoms with Crippen LogP contribution in [0.4, 0.5) is 4.39 Å². The predicted molar refractivity (Wildman–Crippen MR) is 61.0 cm³/mol. The van der Waals surface area contributed by atoms with E-state index >= 15 is 0 Å². The van der Waals surface area contributed by atoms with Crippen LogP contribution in [-0.2, 0) is 6.42 Å². The van der Waals surface area contributed by atoms with Crippen LogP contribution in [0.25, 0.3) is 0 Å². The van der Waals surface area contributed by atoms with Crippen molar-refractivity contribution < 1.29 is 9.18 Å². The molecule has 0 aliphatic carbocycles. The van der Waals surface area contributed by atoms with Crippen LogP contribution in [0.2, 0.25) is 0 Å². The van der Waals surface area contributed by atoms with Crippen molar-refractivity contribution in [3.63, 3.8) is 0 Å². The van der Waals surface area contributed by atoms with Crippen LogP contribution >= 0.6 is 0 Å². The maximum atomic E-state index is 12.9. The number of amides is 1. The largest absolute Gasteiger partial charge is 0.352 e. The zero-order chi connectivity index (χ0) is 12.1. The van der Waals surface area contributed by atoms with E-state index in [0.717, 1.165) is 5.69 Å². The van der Waals surface area contributed by atoms with Crippen molar-refractivity contribution in [3.8, 4) is 0 Å². The Morgan fingerprint density at radius 1 is 1.47 bits per heavy atom.